The van der Waals surface area contributed by atoms with E-state index < -0.39 is 5.60 Å². The summed E-state index contributed by atoms with van der Waals surface area (Å²) < 4.78 is 5.72. The Labute approximate surface area is 125 Å². The Morgan fingerprint density at radius 2 is 2.24 bits per heavy atom. The van der Waals surface area contributed by atoms with Crippen LogP contribution in [0.5, 0.6) is 5.88 Å². The van der Waals surface area contributed by atoms with E-state index in [1.165, 1.54) is 6.42 Å². The number of carbonyl (C=O) groups is 1. The molecule has 1 aromatic heterocycles. The van der Waals surface area contributed by atoms with E-state index in [4.69, 9.17) is 4.74 Å². The molecule has 5 nitrogen and oxygen atoms in total. The number of hydrogen-bond acceptors (Lipinski definition) is 4. The van der Waals surface area contributed by atoms with Crippen molar-refractivity contribution in [2.45, 2.75) is 51.7 Å². The molecule has 116 valence electrons. The summed E-state index contributed by atoms with van der Waals surface area (Å²) in [5, 5.41) is 9.90. The van der Waals surface area contributed by atoms with Crippen molar-refractivity contribution in [1.29, 1.82) is 0 Å². The Morgan fingerprint density at radius 3 is 2.76 bits per heavy atom. The number of amides is 1. The summed E-state index contributed by atoms with van der Waals surface area (Å²) in [7, 11) is 0. The third kappa shape index (κ3) is 4.43. The summed E-state index contributed by atoms with van der Waals surface area (Å²) in [4.78, 5) is 18.3. The number of aliphatic hydroxyl groups is 1. The molecule has 1 heterocycles. The van der Waals surface area contributed by atoms with Crippen molar-refractivity contribution in [1.82, 2.24) is 9.88 Å². The minimum Gasteiger partial charge on any atom is -0.474 e. The van der Waals surface area contributed by atoms with Crippen LogP contribution in [0.4, 0.5) is 0 Å². The van der Waals surface area contributed by atoms with Gasteiger partial charge in [-0.05, 0) is 46.1 Å². The van der Waals surface area contributed by atoms with Crippen LogP contribution in [-0.4, -0.2) is 45.7 Å². The molecule has 0 aromatic carbocycles. The zero-order valence-corrected chi connectivity index (χ0v) is 13.0. The fourth-order valence-electron chi connectivity index (χ4n) is 2.24. The predicted molar refractivity (Wildman–Crippen MR) is 80.4 cm³/mol. The monoisotopic (exact) mass is 292 g/mol. The SMILES string of the molecule is CCN(CC(C)(C)O)C(=O)c1ccnc(OC2CCC2)c1. The summed E-state index contributed by atoms with van der Waals surface area (Å²) in [6.07, 6.45) is 5.14. The normalized spacial score (nSPS) is 15.4. The molecule has 5 heteroatoms. The summed E-state index contributed by atoms with van der Waals surface area (Å²) >= 11 is 0. The summed E-state index contributed by atoms with van der Waals surface area (Å²) in [6.45, 7) is 6.13. The van der Waals surface area contributed by atoms with E-state index in [9.17, 15) is 9.90 Å². The van der Waals surface area contributed by atoms with Gasteiger partial charge in [-0.25, -0.2) is 4.98 Å². The van der Waals surface area contributed by atoms with Crippen LogP contribution in [0.25, 0.3) is 0 Å². The molecule has 1 N–H and O–H groups in total. The van der Waals surface area contributed by atoms with Crippen molar-refractivity contribution >= 4 is 5.91 Å². The van der Waals surface area contributed by atoms with Crippen LogP contribution < -0.4 is 4.74 Å². The third-order valence-electron chi connectivity index (χ3n) is 3.57. The minimum atomic E-state index is -0.913. The largest absolute Gasteiger partial charge is 0.474 e. The highest BCUT2D eigenvalue weighted by Crippen LogP contribution is 2.24. The first-order valence-electron chi connectivity index (χ1n) is 7.53. The Balaban J connectivity index is 2.08. The summed E-state index contributed by atoms with van der Waals surface area (Å²) in [6, 6.07) is 3.37. The first-order valence-corrected chi connectivity index (χ1v) is 7.53. The number of rotatable bonds is 6. The van der Waals surface area contributed by atoms with Gasteiger partial charge >= 0.3 is 0 Å². The molecule has 21 heavy (non-hydrogen) atoms. The van der Waals surface area contributed by atoms with Gasteiger partial charge in [0.15, 0.2) is 0 Å². The number of hydrogen-bond donors (Lipinski definition) is 1. The van der Waals surface area contributed by atoms with Crippen LogP contribution in [0.3, 0.4) is 0 Å². The van der Waals surface area contributed by atoms with E-state index in [0.717, 1.165) is 12.8 Å². The van der Waals surface area contributed by atoms with Crippen LogP contribution in [-0.2, 0) is 0 Å². The van der Waals surface area contributed by atoms with Crippen molar-refractivity contribution in [2.75, 3.05) is 13.1 Å². The molecule has 1 aliphatic rings. The van der Waals surface area contributed by atoms with Crippen LogP contribution >= 0.6 is 0 Å². The Bertz CT molecular complexity index is 493. The minimum absolute atomic E-state index is 0.111. The van der Waals surface area contributed by atoms with Crippen molar-refractivity contribution in [3.63, 3.8) is 0 Å². The average molecular weight is 292 g/mol. The number of ether oxygens (including phenoxy) is 1. The first-order chi connectivity index (χ1) is 9.89. The zero-order valence-electron chi connectivity index (χ0n) is 13.0. The van der Waals surface area contributed by atoms with E-state index in [0.29, 0.717) is 24.5 Å². The van der Waals surface area contributed by atoms with E-state index in [1.807, 2.05) is 6.92 Å². The zero-order chi connectivity index (χ0) is 15.5. The van der Waals surface area contributed by atoms with Gasteiger partial charge in [0.1, 0.15) is 6.10 Å². The topological polar surface area (TPSA) is 62.7 Å². The molecule has 1 aromatic rings. The second kappa shape index (κ2) is 6.43. The quantitative estimate of drug-likeness (QED) is 0.873. The molecule has 1 saturated carbocycles. The lowest BCUT2D eigenvalue weighted by Gasteiger charge is -2.28. The van der Waals surface area contributed by atoms with Crippen molar-refractivity contribution in [3.8, 4) is 5.88 Å². The molecule has 1 amide bonds. The van der Waals surface area contributed by atoms with Gasteiger partial charge in [0.25, 0.3) is 5.91 Å². The molecule has 1 aliphatic carbocycles. The lowest BCUT2D eigenvalue weighted by Crippen LogP contribution is -2.42. The van der Waals surface area contributed by atoms with Gasteiger partial charge in [-0.15, -0.1) is 0 Å². The second-order valence-corrected chi connectivity index (χ2v) is 6.19. The molecule has 0 radical (unpaired) electrons. The molecule has 0 aliphatic heterocycles. The highest BCUT2D eigenvalue weighted by atomic mass is 16.5. The Kier molecular flexibility index (Phi) is 4.83. The van der Waals surface area contributed by atoms with E-state index in [-0.39, 0.29) is 12.0 Å². The first kappa shape index (κ1) is 15.8. The van der Waals surface area contributed by atoms with Crippen LogP contribution in [0.2, 0.25) is 0 Å². The fourth-order valence-corrected chi connectivity index (χ4v) is 2.24. The molecule has 0 saturated heterocycles. The maximum Gasteiger partial charge on any atom is 0.254 e. The Hall–Kier alpha value is -1.62. The van der Waals surface area contributed by atoms with Crippen molar-refractivity contribution in [3.05, 3.63) is 23.9 Å². The summed E-state index contributed by atoms with van der Waals surface area (Å²) in [5.41, 5.74) is -0.366. The number of nitrogens with zero attached hydrogens (tertiary/aromatic N) is 2. The lowest BCUT2D eigenvalue weighted by atomic mass is 9.96. The number of pyridine rings is 1. The molecular weight excluding hydrogens is 268 g/mol. The van der Waals surface area contributed by atoms with Gasteiger partial charge in [0.05, 0.1) is 5.60 Å². The van der Waals surface area contributed by atoms with E-state index in [1.54, 1.807) is 37.1 Å². The van der Waals surface area contributed by atoms with Gasteiger partial charge in [-0.1, -0.05) is 0 Å². The van der Waals surface area contributed by atoms with E-state index in [2.05, 4.69) is 4.98 Å². The molecule has 0 bridgehead atoms. The second-order valence-electron chi connectivity index (χ2n) is 6.19. The standard InChI is InChI=1S/C16H24N2O3/c1-4-18(11-16(2,3)20)15(19)12-8-9-17-14(10-12)21-13-6-5-7-13/h8-10,13,20H,4-7,11H2,1-3H3. The van der Waals surface area contributed by atoms with Gasteiger partial charge in [0.2, 0.25) is 5.88 Å². The van der Waals surface area contributed by atoms with Crippen LogP contribution in [0.15, 0.2) is 18.3 Å². The molecule has 0 spiro atoms. The summed E-state index contributed by atoms with van der Waals surface area (Å²) in [5.74, 6) is 0.394. The Morgan fingerprint density at radius 1 is 1.52 bits per heavy atom. The third-order valence-corrected chi connectivity index (χ3v) is 3.57. The average Bonchev–Trinajstić information content (AvgIpc) is 2.39. The maximum atomic E-state index is 12.5. The van der Waals surface area contributed by atoms with Crippen molar-refractivity contribution in [2.24, 2.45) is 0 Å². The molecular formula is C16H24N2O3. The highest BCUT2D eigenvalue weighted by Gasteiger charge is 2.24. The van der Waals surface area contributed by atoms with Crippen LogP contribution in [0.1, 0.15) is 50.4 Å². The maximum absolute atomic E-state index is 12.5. The predicted octanol–water partition coefficient (Wildman–Crippen LogP) is 2.25. The van der Waals surface area contributed by atoms with Gasteiger partial charge in [-0.2, -0.15) is 0 Å². The fraction of sp³-hybridized carbons (Fsp3) is 0.625. The lowest BCUT2D eigenvalue weighted by molar-refractivity contribution is 0.0314. The van der Waals surface area contributed by atoms with Crippen molar-refractivity contribution < 1.29 is 14.6 Å². The van der Waals surface area contributed by atoms with E-state index >= 15 is 0 Å². The number of aromatic nitrogens is 1. The highest BCUT2D eigenvalue weighted by molar-refractivity contribution is 5.94. The molecule has 0 atom stereocenters. The van der Waals surface area contributed by atoms with Gasteiger partial charge < -0.3 is 14.7 Å². The van der Waals surface area contributed by atoms with Crippen LogP contribution in [0, 0.1) is 0 Å². The molecule has 1 fully saturated rings. The number of carbonyl (C=O) groups excluding carboxylic acids is 1. The van der Waals surface area contributed by atoms with Gasteiger partial charge in [-0.3, -0.25) is 4.79 Å². The molecule has 0 unspecified atom stereocenters. The molecule has 2 rings (SSSR count). The number of likely N-dealkylation sites (N-methyl/N-ethyl adjacent to an activating group) is 1. The van der Waals surface area contributed by atoms with Gasteiger partial charge in [0, 0.05) is 30.9 Å². The smallest absolute Gasteiger partial charge is 0.254 e.